The predicted molar refractivity (Wildman–Crippen MR) is 128 cm³/mol. The van der Waals surface area contributed by atoms with Crippen molar-refractivity contribution in [2.45, 2.75) is 20.5 Å². The van der Waals surface area contributed by atoms with Crippen LogP contribution in [0.3, 0.4) is 0 Å². The van der Waals surface area contributed by atoms with Gasteiger partial charge in [0.2, 0.25) is 11.2 Å². The molecule has 0 amide bonds. The van der Waals surface area contributed by atoms with Crippen LogP contribution in [0, 0.1) is 24.0 Å². The summed E-state index contributed by atoms with van der Waals surface area (Å²) in [5.41, 5.74) is 3.12. The first-order valence-electron chi connectivity index (χ1n) is 10.5. The Hall–Kier alpha value is -4.33. The standard InChI is InChI=1S/C26H23NO7/c1-15-11-16(2)23-22(12-15)34-25(18-7-10-20(31-3)21(13-18)32-4)26(24(23)28)33-14-17-5-8-19(9-6-17)27(29)30/h5-13H,14H2,1-4H3. The van der Waals surface area contributed by atoms with Crippen molar-refractivity contribution in [1.82, 2.24) is 0 Å². The molecule has 8 heteroatoms. The molecule has 0 N–H and O–H groups in total. The summed E-state index contributed by atoms with van der Waals surface area (Å²) in [6.45, 7) is 3.81. The first kappa shape index (κ1) is 22.8. The van der Waals surface area contributed by atoms with Crippen molar-refractivity contribution in [2.75, 3.05) is 14.2 Å². The van der Waals surface area contributed by atoms with Crippen molar-refractivity contribution in [3.8, 4) is 28.6 Å². The van der Waals surface area contributed by atoms with E-state index in [0.717, 1.165) is 11.1 Å². The summed E-state index contributed by atoms with van der Waals surface area (Å²) in [7, 11) is 3.06. The lowest BCUT2D eigenvalue weighted by molar-refractivity contribution is -0.384. The quantitative estimate of drug-likeness (QED) is 0.261. The van der Waals surface area contributed by atoms with Crippen LogP contribution in [0.5, 0.6) is 17.2 Å². The van der Waals surface area contributed by atoms with E-state index >= 15 is 0 Å². The smallest absolute Gasteiger partial charge is 0.269 e. The topological polar surface area (TPSA) is 101 Å². The molecule has 0 saturated heterocycles. The lowest BCUT2D eigenvalue weighted by Crippen LogP contribution is -2.11. The van der Waals surface area contributed by atoms with E-state index < -0.39 is 4.92 Å². The Balaban J connectivity index is 1.85. The van der Waals surface area contributed by atoms with E-state index in [1.54, 1.807) is 30.3 Å². The average Bonchev–Trinajstić information content (AvgIpc) is 2.82. The fourth-order valence-electron chi connectivity index (χ4n) is 3.84. The Labute approximate surface area is 195 Å². The maximum absolute atomic E-state index is 13.6. The second-order valence-electron chi connectivity index (χ2n) is 7.83. The molecule has 4 aromatic rings. The molecule has 8 nitrogen and oxygen atoms in total. The summed E-state index contributed by atoms with van der Waals surface area (Å²) in [5.74, 6) is 1.31. The average molecular weight is 461 g/mol. The normalized spacial score (nSPS) is 10.8. The highest BCUT2D eigenvalue weighted by Crippen LogP contribution is 2.37. The molecule has 0 aliphatic rings. The molecule has 1 aromatic heterocycles. The number of hydrogen-bond acceptors (Lipinski definition) is 7. The van der Waals surface area contributed by atoms with Crippen LogP contribution in [0.2, 0.25) is 0 Å². The van der Waals surface area contributed by atoms with Gasteiger partial charge in [-0.2, -0.15) is 0 Å². The van der Waals surface area contributed by atoms with Crippen LogP contribution in [0.4, 0.5) is 5.69 Å². The van der Waals surface area contributed by atoms with Gasteiger partial charge in [0.25, 0.3) is 5.69 Å². The lowest BCUT2D eigenvalue weighted by atomic mass is 10.0. The van der Waals surface area contributed by atoms with Gasteiger partial charge in [0.15, 0.2) is 17.3 Å². The summed E-state index contributed by atoms with van der Waals surface area (Å²) in [4.78, 5) is 24.0. The Bertz CT molecular complexity index is 1440. The number of non-ortho nitro benzene ring substituents is 1. The summed E-state index contributed by atoms with van der Waals surface area (Å²) in [5, 5.41) is 11.4. The van der Waals surface area contributed by atoms with Gasteiger partial charge in [-0.15, -0.1) is 0 Å². The van der Waals surface area contributed by atoms with E-state index in [2.05, 4.69) is 0 Å². The number of nitrogens with zero attached hydrogens (tertiary/aromatic N) is 1. The molecular formula is C26H23NO7. The zero-order valence-corrected chi connectivity index (χ0v) is 19.2. The van der Waals surface area contributed by atoms with Crippen molar-refractivity contribution >= 4 is 16.7 Å². The van der Waals surface area contributed by atoms with Gasteiger partial charge < -0.3 is 18.6 Å². The number of methoxy groups -OCH3 is 2. The second kappa shape index (κ2) is 9.27. The highest BCUT2D eigenvalue weighted by molar-refractivity contribution is 5.85. The van der Waals surface area contributed by atoms with Crippen LogP contribution < -0.4 is 19.6 Å². The number of rotatable bonds is 7. The van der Waals surface area contributed by atoms with E-state index in [1.165, 1.54) is 26.4 Å². The third-order valence-electron chi connectivity index (χ3n) is 5.47. The van der Waals surface area contributed by atoms with E-state index in [0.29, 0.717) is 33.6 Å². The minimum Gasteiger partial charge on any atom is -0.493 e. The minimum absolute atomic E-state index is 0.0222. The molecule has 0 aliphatic carbocycles. The number of fused-ring (bicyclic) bond motifs is 1. The van der Waals surface area contributed by atoms with Gasteiger partial charge in [-0.25, -0.2) is 0 Å². The molecule has 0 bridgehead atoms. The molecule has 174 valence electrons. The number of aryl methyl sites for hydroxylation is 2. The number of nitro benzene ring substituents is 1. The molecule has 4 rings (SSSR count). The minimum atomic E-state index is -0.470. The van der Waals surface area contributed by atoms with Gasteiger partial charge in [-0.1, -0.05) is 6.07 Å². The highest BCUT2D eigenvalue weighted by atomic mass is 16.6. The Morgan fingerprint density at radius 2 is 1.65 bits per heavy atom. The van der Waals surface area contributed by atoms with Gasteiger partial charge in [0.05, 0.1) is 24.5 Å². The van der Waals surface area contributed by atoms with Crippen LogP contribution in [-0.2, 0) is 6.61 Å². The zero-order valence-electron chi connectivity index (χ0n) is 19.2. The van der Waals surface area contributed by atoms with E-state index in [1.807, 2.05) is 26.0 Å². The fourth-order valence-corrected chi connectivity index (χ4v) is 3.84. The highest BCUT2D eigenvalue weighted by Gasteiger charge is 2.21. The first-order valence-corrected chi connectivity index (χ1v) is 10.5. The maximum Gasteiger partial charge on any atom is 0.269 e. The van der Waals surface area contributed by atoms with Crippen molar-refractivity contribution in [1.29, 1.82) is 0 Å². The van der Waals surface area contributed by atoms with E-state index in [9.17, 15) is 14.9 Å². The molecule has 1 heterocycles. The van der Waals surface area contributed by atoms with Gasteiger partial charge in [0.1, 0.15) is 12.2 Å². The van der Waals surface area contributed by atoms with Gasteiger partial charge >= 0.3 is 0 Å². The van der Waals surface area contributed by atoms with Gasteiger partial charge in [0, 0.05) is 17.7 Å². The largest absolute Gasteiger partial charge is 0.493 e. The van der Waals surface area contributed by atoms with Crippen LogP contribution >= 0.6 is 0 Å². The van der Waals surface area contributed by atoms with Crippen molar-refractivity contribution in [2.24, 2.45) is 0 Å². The Morgan fingerprint density at radius 1 is 0.941 bits per heavy atom. The fraction of sp³-hybridized carbons (Fsp3) is 0.192. The molecule has 0 saturated carbocycles. The van der Waals surface area contributed by atoms with Crippen LogP contribution in [-0.4, -0.2) is 19.1 Å². The predicted octanol–water partition coefficient (Wildman–Crippen LogP) is 5.58. The first-order chi connectivity index (χ1) is 16.3. The molecule has 0 aliphatic heterocycles. The summed E-state index contributed by atoms with van der Waals surface area (Å²) < 4.78 is 22.9. The Kier molecular flexibility index (Phi) is 6.23. The number of hydrogen-bond donors (Lipinski definition) is 0. The monoisotopic (exact) mass is 461 g/mol. The summed E-state index contributed by atoms with van der Waals surface area (Å²) in [6.07, 6.45) is 0. The molecule has 0 radical (unpaired) electrons. The molecule has 3 aromatic carbocycles. The van der Waals surface area contributed by atoms with E-state index in [4.69, 9.17) is 18.6 Å². The van der Waals surface area contributed by atoms with Gasteiger partial charge in [-0.05, 0) is 66.9 Å². The molecule has 0 fully saturated rings. The van der Waals surface area contributed by atoms with Gasteiger partial charge in [-0.3, -0.25) is 14.9 Å². The van der Waals surface area contributed by atoms with Crippen LogP contribution in [0.25, 0.3) is 22.3 Å². The van der Waals surface area contributed by atoms with Crippen molar-refractivity contribution in [3.05, 3.63) is 91.6 Å². The molecule has 0 unspecified atom stereocenters. The summed E-state index contributed by atoms with van der Waals surface area (Å²) in [6, 6.07) is 14.9. The molecule has 0 atom stereocenters. The number of ether oxygens (including phenoxy) is 3. The zero-order chi connectivity index (χ0) is 24.4. The second-order valence-corrected chi connectivity index (χ2v) is 7.83. The lowest BCUT2D eigenvalue weighted by Gasteiger charge is -2.14. The van der Waals surface area contributed by atoms with E-state index in [-0.39, 0.29) is 29.2 Å². The third-order valence-corrected chi connectivity index (χ3v) is 5.47. The Morgan fingerprint density at radius 3 is 2.29 bits per heavy atom. The summed E-state index contributed by atoms with van der Waals surface area (Å²) >= 11 is 0. The number of nitro groups is 1. The third kappa shape index (κ3) is 4.30. The molecular weight excluding hydrogens is 438 g/mol. The van der Waals surface area contributed by atoms with Crippen LogP contribution in [0.15, 0.2) is 63.8 Å². The SMILES string of the molecule is COc1ccc(-c2oc3cc(C)cc(C)c3c(=O)c2OCc2ccc([N+](=O)[O-])cc2)cc1OC. The van der Waals surface area contributed by atoms with Crippen molar-refractivity contribution < 1.29 is 23.6 Å². The van der Waals surface area contributed by atoms with Crippen LogP contribution in [0.1, 0.15) is 16.7 Å². The molecule has 0 spiro atoms. The molecule has 34 heavy (non-hydrogen) atoms. The maximum atomic E-state index is 13.6. The number of benzene rings is 3. The van der Waals surface area contributed by atoms with Crippen molar-refractivity contribution in [3.63, 3.8) is 0 Å².